The molecule has 4 rings (SSSR count). The highest BCUT2D eigenvalue weighted by Gasteiger charge is 2.36. The standard InChI is InChI=1S/C27H35N3O4S/c1-20-10-12-23(13-11-20)14-15-25-26(21(2)29-34-25)35(32,33)30-18-6-9-24(19-30)27(31)28-17-16-22-7-4-3-5-8-22/h7,10-15,24H,3-6,8-9,16-19H2,1-2H3,(H,28,31). The smallest absolute Gasteiger partial charge is 0.248 e. The second kappa shape index (κ2) is 11.4. The Bertz CT molecular complexity index is 1200. The molecule has 1 atom stereocenters. The summed E-state index contributed by atoms with van der Waals surface area (Å²) in [6.45, 7) is 4.80. The van der Waals surface area contributed by atoms with Crippen LogP contribution in [0.3, 0.4) is 0 Å². The number of nitrogens with one attached hydrogen (secondary N) is 1. The highest BCUT2D eigenvalue weighted by atomic mass is 32.2. The quantitative estimate of drug-likeness (QED) is 0.525. The van der Waals surface area contributed by atoms with Crippen LogP contribution < -0.4 is 5.32 Å². The van der Waals surface area contributed by atoms with Crippen LogP contribution in [-0.2, 0) is 14.8 Å². The first-order chi connectivity index (χ1) is 16.8. The first-order valence-corrected chi connectivity index (χ1v) is 14.0. The van der Waals surface area contributed by atoms with Gasteiger partial charge in [-0.3, -0.25) is 4.79 Å². The fraction of sp³-hybridized carbons (Fsp3) is 0.481. The zero-order valence-electron chi connectivity index (χ0n) is 20.6. The lowest BCUT2D eigenvalue weighted by Gasteiger charge is -2.31. The van der Waals surface area contributed by atoms with Gasteiger partial charge in [-0.05, 0) is 70.4 Å². The van der Waals surface area contributed by atoms with E-state index in [2.05, 4.69) is 16.5 Å². The van der Waals surface area contributed by atoms with Gasteiger partial charge in [0.25, 0.3) is 0 Å². The van der Waals surface area contributed by atoms with E-state index in [0.29, 0.717) is 31.6 Å². The van der Waals surface area contributed by atoms with Crippen LogP contribution in [0.2, 0.25) is 0 Å². The molecule has 2 aliphatic rings. The van der Waals surface area contributed by atoms with Gasteiger partial charge in [-0.1, -0.05) is 52.7 Å². The van der Waals surface area contributed by atoms with Crippen LogP contribution in [0.15, 0.2) is 45.3 Å². The number of amides is 1. The number of benzene rings is 1. The molecule has 7 nitrogen and oxygen atoms in total. The molecule has 8 heteroatoms. The van der Waals surface area contributed by atoms with E-state index in [0.717, 1.165) is 30.4 Å². The van der Waals surface area contributed by atoms with Crippen LogP contribution in [0.5, 0.6) is 0 Å². The normalized spacial score (nSPS) is 19.6. The molecule has 0 spiro atoms. The number of allylic oxidation sites excluding steroid dienone is 1. The Kier molecular flexibility index (Phi) is 8.23. The molecule has 1 N–H and O–H groups in total. The van der Waals surface area contributed by atoms with Gasteiger partial charge in [0, 0.05) is 19.6 Å². The summed E-state index contributed by atoms with van der Waals surface area (Å²) in [6.07, 6.45) is 12.7. The molecule has 1 fully saturated rings. The van der Waals surface area contributed by atoms with Crippen molar-refractivity contribution in [1.82, 2.24) is 14.8 Å². The van der Waals surface area contributed by atoms with Gasteiger partial charge in [-0.15, -0.1) is 0 Å². The Morgan fingerprint density at radius 1 is 1.17 bits per heavy atom. The Hall–Kier alpha value is -2.71. The number of aromatic nitrogens is 1. The molecule has 2 aromatic rings. The lowest BCUT2D eigenvalue weighted by atomic mass is 9.96. The van der Waals surface area contributed by atoms with E-state index in [1.165, 1.54) is 22.7 Å². The lowest BCUT2D eigenvalue weighted by molar-refractivity contribution is -0.126. The van der Waals surface area contributed by atoms with Crippen LogP contribution in [-0.4, -0.2) is 43.4 Å². The Balaban J connectivity index is 1.42. The summed E-state index contributed by atoms with van der Waals surface area (Å²) < 4.78 is 34.0. The summed E-state index contributed by atoms with van der Waals surface area (Å²) in [7, 11) is -3.86. The molecule has 1 aliphatic carbocycles. The number of sulfonamides is 1. The van der Waals surface area contributed by atoms with Crippen molar-refractivity contribution in [3.8, 4) is 0 Å². The topological polar surface area (TPSA) is 92.5 Å². The fourth-order valence-electron chi connectivity index (χ4n) is 4.77. The zero-order chi connectivity index (χ0) is 24.8. The maximum atomic E-state index is 13.6. The fourth-order valence-corrected chi connectivity index (χ4v) is 6.55. The molecule has 1 saturated heterocycles. The van der Waals surface area contributed by atoms with Crippen LogP contribution in [0.4, 0.5) is 0 Å². The third-order valence-electron chi connectivity index (χ3n) is 6.82. The van der Waals surface area contributed by atoms with Crippen LogP contribution >= 0.6 is 0 Å². The summed E-state index contributed by atoms with van der Waals surface area (Å²) in [6, 6.07) is 7.91. The van der Waals surface area contributed by atoms with Gasteiger partial charge >= 0.3 is 0 Å². The summed E-state index contributed by atoms with van der Waals surface area (Å²) >= 11 is 0. The van der Waals surface area contributed by atoms with Crippen LogP contribution in [0.1, 0.15) is 67.5 Å². The van der Waals surface area contributed by atoms with Crippen molar-refractivity contribution in [2.75, 3.05) is 19.6 Å². The maximum absolute atomic E-state index is 13.6. The van der Waals surface area contributed by atoms with Crippen LogP contribution in [0.25, 0.3) is 12.2 Å². The number of piperidine rings is 1. The number of carbonyl (C=O) groups is 1. The summed E-state index contributed by atoms with van der Waals surface area (Å²) in [4.78, 5) is 12.9. The second-order valence-electron chi connectivity index (χ2n) is 9.56. The number of hydrogen-bond acceptors (Lipinski definition) is 5. The number of rotatable bonds is 8. The Labute approximate surface area is 208 Å². The highest BCUT2D eigenvalue weighted by Crippen LogP contribution is 2.29. The number of hydrogen-bond donors (Lipinski definition) is 1. The molecule has 0 bridgehead atoms. The highest BCUT2D eigenvalue weighted by molar-refractivity contribution is 7.89. The number of aryl methyl sites for hydroxylation is 2. The minimum Gasteiger partial charge on any atom is -0.356 e. The van der Waals surface area contributed by atoms with Gasteiger partial charge in [-0.25, -0.2) is 8.42 Å². The van der Waals surface area contributed by atoms with Crippen molar-refractivity contribution < 1.29 is 17.7 Å². The molecule has 1 aliphatic heterocycles. The molecule has 35 heavy (non-hydrogen) atoms. The van der Waals surface area contributed by atoms with Crippen molar-refractivity contribution >= 4 is 28.1 Å². The summed E-state index contributed by atoms with van der Waals surface area (Å²) in [5, 5.41) is 6.95. The van der Waals surface area contributed by atoms with Crippen LogP contribution in [0, 0.1) is 19.8 Å². The zero-order valence-corrected chi connectivity index (χ0v) is 21.4. The van der Waals surface area contributed by atoms with E-state index in [1.54, 1.807) is 13.0 Å². The minimum absolute atomic E-state index is 0.0668. The largest absolute Gasteiger partial charge is 0.356 e. The van der Waals surface area contributed by atoms with Gasteiger partial charge in [0.05, 0.1) is 5.92 Å². The van der Waals surface area contributed by atoms with Gasteiger partial charge < -0.3 is 9.84 Å². The van der Waals surface area contributed by atoms with Gasteiger partial charge in [-0.2, -0.15) is 4.31 Å². The Morgan fingerprint density at radius 2 is 1.97 bits per heavy atom. The minimum atomic E-state index is -3.86. The van der Waals surface area contributed by atoms with E-state index >= 15 is 0 Å². The number of carbonyl (C=O) groups excluding carboxylic acids is 1. The van der Waals surface area contributed by atoms with Crippen molar-refractivity contribution in [2.24, 2.45) is 5.92 Å². The van der Waals surface area contributed by atoms with Crippen molar-refractivity contribution in [3.05, 3.63) is 58.5 Å². The third-order valence-corrected chi connectivity index (χ3v) is 8.84. The van der Waals surface area contributed by atoms with Gasteiger partial charge in [0.1, 0.15) is 5.69 Å². The number of nitrogens with zero attached hydrogens (tertiary/aromatic N) is 2. The second-order valence-corrected chi connectivity index (χ2v) is 11.4. The third kappa shape index (κ3) is 6.30. The molecule has 1 aromatic heterocycles. The summed E-state index contributed by atoms with van der Waals surface area (Å²) in [5.41, 5.74) is 3.82. The van der Waals surface area contributed by atoms with E-state index in [-0.39, 0.29) is 29.0 Å². The van der Waals surface area contributed by atoms with E-state index in [1.807, 2.05) is 37.3 Å². The molecule has 2 heterocycles. The molecular formula is C27H35N3O4S. The predicted molar refractivity (Wildman–Crippen MR) is 137 cm³/mol. The molecule has 1 unspecified atom stereocenters. The summed E-state index contributed by atoms with van der Waals surface area (Å²) in [5.74, 6) is -0.219. The maximum Gasteiger partial charge on any atom is 0.248 e. The van der Waals surface area contributed by atoms with Gasteiger partial charge in [0.15, 0.2) is 10.7 Å². The van der Waals surface area contributed by atoms with E-state index in [9.17, 15) is 13.2 Å². The molecular weight excluding hydrogens is 462 g/mol. The predicted octanol–water partition coefficient (Wildman–Crippen LogP) is 4.87. The van der Waals surface area contributed by atoms with Crippen molar-refractivity contribution in [2.45, 2.75) is 63.7 Å². The molecule has 1 aromatic carbocycles. The average Bonchev–Trinajstić information content (AvgIpc) is 3.25. The van der Waals surface area contributed by atoms with Crippen molar-refractivity contribution in [1.29, 1.82) is 0 Å². The van der Waals surface area contributed by atoms with Gasteiger partial charge in [0.2, 0.25) is 15.9 Å². The Morgan fingerprint density at radius 3 is 2.71 bits per heavy atom. The van der Waals surface area contributed by atoms with E-state index in [4.69, 9.17) is 4.52 Å². The average molecular weight is 498 g/mol. The van der Waals surface area contributed by atoms with E-state index < -0.39 is 10.0 Å². The van der Waals surface area contributed by atoms with Crippen molar-refractivity contribution in [3.63, 3.8) is 0 Å². The molecule has 0 radical (unpaired) electrons. The first-order valence-electron chi connectivity index (χ1n) is 12.5. The SMILES string of the molecule is Cc1ccc(C=Cc2onc(C)c2S(=O)(=O)N2CCCC(C(=O)NCCC3=CCCCC3)C2)cc1. The monoisotopic (exact) mass is 497 g/mol. The first kappa shape index (κ1) is 25.4. The molecule has 0 saturated carbocycles. The lowest BCUT2D eigenvalue weighted by Crippen LogP contribution is -2.45. The molecule has 188 valence electrons. The molecule has 1 amide bonds.